The number of β-amino-alcohol motifs (C(OH)–C–C–N with tert-alkyl or cyclic N) is 1. The van der Waals surface area contributed by atoms with Crippen molar-refractivity contribution >= 4 is 5.91 Å². The zero-order valence-corrected chi connectivity index (χ0v) is 10.6. The van der Waals surface area contributed by atoms with E-state index in [1.54, 1.807) is 11.0 Å². The minimum absolute atomic E-state index is 0.0733. The highest BCUT2D eigenvalue weighted by atomic mass is 16.3. The molecule has 0 bridgehead atoms. The number of nitrogens with zero attached hydrogens (tertiary/aromatic N) is 5. The first-order chi connectivity index (χ1) is 8.72. The van der Waals surface area contributed by atoms with E-state index in [0.717, 1.165) is 13.1 Å². The number of aliphatic hydroxyl groups excluding tert-OH is 1. The maximum Gasteiger partial charge on any atom is 0.247 e. The molecular formula is C11H19N5O2. The summed E-state index contributed by atoms with van der Waals surface area (Å²) < 4.78 is 1.57. The number of carbonyl (C=O) groups is 1. The second-order valence-corrected chi connectivity index (χ2v) is 4.44. The molecule has 0 radical (unpaired) electrons. The van der Waals surface area contributed by atoms with Gasteiger partial charge in [-0.1, -0.05) is 0 Å². The number of rotatable bonds is 4. The first-order valence-corrected chi connectivity index (χ1v) is 6.18. The molecule has 1 amide bonds. The smallest absolute Gasteiger partial charge is 0.247 e. The number of hydrogen-bond acceptors (Lipinski definition) is 5. The van der Waals surface area contributed by atoms with Crippen molar-refractivity contribution in [3.63, 3.8) is 0 Å². The van der Waals surface area contributed by atoms with Crippen molar-refractivity contribution < 1.29 is 9.90 Å². The molecule has 1 aliphatic heterocycles. The van der Waals surface area contributed by atoms with Crippen molar-refractivity contribution in [1.82, 2.24) is 24.6 Å². The Morgan fingerprint density at radius 1 is 1.39 bits per heavy atom. The molecule has 1 aromatic heterocycles. The molecule has 7 nitrogen and oxygen atoms in total. The summed E-state index contributed by atoms with van der Waals surface area (Å²) in [5, 5.41) is 12.9. The average Bonchev–Trinajstić information content (AvgIpc) is 2.92. The normalized spacial score (nSPS) is 18.9. The largest absolute Gasteiger partial charge is 0.395 e. The lowest BCUT2D eigenvalue weighted by atomic mass is 10.2. The molecular weight excluding hydrogens is 234 g/mol. The first-order valence-electron chi connectivity index (χ1n) is 6.18. The molecule has 100 valence electrons. The van der Waals surface area contributed by atoms with E-state index in [-0.39, 0.29) is 18.6 Å². The number of aliphatic hydroxyl groups is 1. The van der Waals surface area contributed by atoms with Gasteiger partial charge in [0.15, 0.2) is 0 Å². The number of amides is 1. The predicted molar refractivity (Wildman–Crippen MR) is 64.8 cm³/mol. The monoisotopic (exact) mass is 253 g/mol. The van der Waals surface area contributed by atoms with Crippen molar-refractivity contribution in [3.05, 3.63) is 12.7 Å². The number of carbonyl (C=O) groups excluding carboxylic acids is 1. The standard InChI is InChI=1S/C11H19N5O2/c1-10(16-9-12-8-13-16)11(18)15-4-2-14(3-5-15)6-7-17/h8-10,17H,2-7H2,1H3. The fraction of sp³-hybridized carbons (Fsp3) is 0.727. The lowest BCUT2D eigenvalue weighted by molar-refractivity contribution is -0.136. The van der Waals surface area contributed by atoms with E-state index in [0.29, 0.717) is 19.6 Å². The van der Waals surface area contributed by atoms with E-state index in [2.05, 4.69) is 15.0 Å². The van der Waals surface area contributed by atoms with Crippen LogP contribution in [0.15, 0.2) is 12.7 Å². The molecule has 1 atom stereocenters. The van der Waals surface area contributed by atoms with Gasteiger partial charge in [0.05, 0.1) is 6.61 Å². The van der Waals surface area contributed by atoms with Crippen LogP contribution in [-0.4, -0.2) is 74.9 Å². The number of aromatic nitrogens is 3. The Kier molecular flexibility index (Phi) is 4.27. The fourth-order valence-corrected chi connectivity index (χ4v) is 2.13. The molecule has 0 aliphatic carbocycles. The second-order valence-electron chi connectivity index (χ2n) is 4.44. The molecule has 1 aliphatic rings. The Bertz CT molecular complexity index is 373. The van der Waals surface area contributed by atoms with Gasteiger partial charge in [-0.2, -0.15) is 5.10 Å². The van der Waals surface area contributed by atoms with E-state index < -0.39 is 0 Å². The van der Waals surface area contributed by atoms with Gasteiger partial charge in [0.2, 0.25) is 5.91 Å². The van der Waals surface area contributed by atoms with Gasteiger partial charge in [0.1, 0.15) is 18.7 Å². The van der Waals surface area contributed by atoms with Gasteiger partial charge in [0.25, 0.3) is 0 Å². The van der Waals surface area contributed by atoms with Crippen LogP contribution in [0.2, 0.25) is 0 Å². The Balaban J connectivity index is 1.87. The molecule has 2 heterocycles. The van der Waals surface area contributed by atoms with Gasteiger partial charge in [-0.3, -0.25) is 9.69 Å². The highest BCUT2D eigenvalue weighted by Gasteiger charge is 2.25. The average molecular weight is 253 g/mol. The van der Waals surface area contributed by atoms with Crippen LogP contribution in [0.25, 0.3) is 0 Å². The molecule has 0 spiro atoms. The zero-order chi connectivity index (χ0) is 13.0. The Morgan fingerprint density at radius 2 is 2.11 bits per heavy atom. The lowest BCUT2D eigenvalue weighted by Crippen LogP contribution is -2.50. The van der Waals surface area contributed by atoms with Gasteiger partial charge < -0.3 is 10.0 Å². The highest BCUT2D eigenvalue weighted by molar-refractivity contribution is 5.80. The molecule has 18 heavy (non-hydrogen) atoms. The minimum atomic E-state index is -0.308. The van der Waals surface area contributed by atoms with Crippen molar-refractivity contribution in [2.24, 2.45) is 0 Å². The van der Waals surface area contributed by atoms with E-state index in [9.17, 15) is 4.79 Å². The van der Waals surface area contributed by atoms with Crippen LogP contribution in [0.3, 0.4) is 0 Å². The van der Waals surface area contributed by atoms with Gasteiger partial charge >= 0.3 is 0 Å². The summed E-state index contributed by atoms with van der Waals surface area (Å²) in [7, 11) is 0. The second kappa shape index (κ2) is 5.92. The van der Waals surface area contributed by atoms with Crippen molar-refractivity contribution in [2.75, 3.05) is 39.3 Å². The summed E-state index contributed by atoms with van der Waals surface area (Å²) in [4.78, 5) is 20.1. The molecule has 0 aromatic carbocycles. The van der Waals surface area contributed by atoms with Gasteiger partial charge in [-0.25, -0.2) is 9.67 Å². The maximum atomic E-state index is 12.2. The number of piperazine rings is 1. The quantitative estimate of drug-likeness (QED) is 0.743. The van der Waals surface area contributed by atoms with Crippen LogP contribution in [0.4, 0.5) is 0 Å². The first kappa shape index (κ1) is 13.0. The minimum Gasteiger partial charge on any atom is -0.395 e. The molecule has 7 heteroatoms. The Hall–Kier alpha value is -1.47. The van der Waals surface area contributed by atoms with Crippen LogP contribution in [0.5, 0.6) is 0 Å². The van der Waals surface area contributed by atoms with Gasteiger partial charge in [0, 0.05) is 32.7 Å². The zero-order valence-electron chi connectivity index (χ0n) is 10.6. The lowest BCUT2D eigenvalue weighted by Gasteiger charge is -2.35. The van der Waals surface area contributed by atoms with Crippen LogP contribution in [-0.2, 0) is 4.79 Å². The molecule has 1 unspecified atom stereocenters. The molecule has 0 saturated carbocycles. The third kappa shape index (κ3) is 2.85. The van der Waals surface area contributed by atoms with Crippen LogP contribution < -0.4 is 0 Å². The van der Waals surface area contributed by atoms with Crippen molar-refractivity contribution in [1.29, 1.82) is 0 Å². The SMILES string of the molecule is CC(C(=O)N1CCN(CCO)CC1)n1cncn1. The van der Waals surface area contributed by atoms with E-state index >= 15 is 0 Å². The van der Waals surface area contributed by atoms with Crippen LogP contribution >= 0.6 is 0 Å². The van der Waals surface area contributed by atoms with Crippen LogP contribution in [0, 0.1) is 0 Å². The van der Waals surface area contributed by atoms with Crippen LogP contribution in [0.1, 0.15) is 13.0 Å². The molecule has 1 saturated heterocycles. The summed E-state index contributed by atoms with van der Waals surface area (Å²) >= 11 is 0. The van der Waals surface area contributed by atoms with Crippen molar-refractivity contribution in [3.8, 4) is 0 Å². The maximum absolute atomic E-state index is 12.2. The van der Waals surface area contributed by atoms with Gasteiger partial charge in [-0.15, -0.1) is 0 Å². The fourth-order valence-electron chi connectivity index (χ4n) is 2.13. The summed E-state index contributed by atoms with van der Waals surface area (Å²) in [6.45, 7) is 5.73. The Morgan fingerprint density at radius 3 is 2.67 bits per heavy atom. The summed E-state index contributed by atoms with van der Waals surface area (Å²) in [5.74, 6) is 0.0733. The third-order valence-corrected chi connectivity index (χ3v) is 3.29. The summed E-state index contributed by atoms with van der Waals surface area (Å²) in [5.41, 5.74) is 0. The third-order valence-electron chi connectivity index (χ3n) is 3.29. The van der Waals surface area contributed by atoms with Crippen molar-refractivity contribution in [2.45, 2.75) is 13.0 Å². The molecule has 1 fully saturated rings. The molecule has 1 N–H and O–H groups in total. The predicted octanol–water partition coefficient (Wildman–Crippen LogP) is -1.02. The van der Waals surface area contributed by atoms with Gasteiger partial charge in [-0.05, 0) is 6.92 Å². The van der Waals surface area contributed by atoms with E-state index in [1.807, 2.05) is 11.8 Å². The Labute approximate surface area is 106 Å². The van der Waals surface area contributed by atoms with E-state index in [1.165, 1.54) is 6.33 Å². The topological polar surface area (TPSA) is 74.5 Å². The molecule has 2 rings (SSSR count). The molecule has 1 aromatic rings. The highest BCUT2D eigenvalue weighted by Crippen LogP contribution is 2.10. The summed E-state index contributed by atoms with van der Waals surface area (Å²) in [6, 6.07) is -0.308. The summed E-state index contributed by atoms with van der Waals surface area (Å²) in [6.07, 6.45) is 2.99. The van der Waals surface area contributed by atoms with E-state index in [4.69, 9.17) is 5.11 Å². The number of hydrogen-bond donors (Lipinski definition) is 1.